The molecule has 0 saturated carbocycles. The van der Waals surface area contributed by atoms with Gasteiger partial charge in [0.1, 0.15) is 5.92 Å². The summed E-state index contributed by atoms with van der Waals surface area (Å²) in [6.45, 7) is 1.75. The van der Waals surface area contributed by atoms with Gasteiger partial charge < -0.3 is 10.4 Å². The van der Waals surface area contributed by atoms with Gasteiger partial charge in [0.05, 0.1) is 11.6 Å². The van der Waals surface area contributed by atoms with Crippen LogP contribution in [0.5, 0.6) is 0 Å². The van der Waals surface area contributed by atoms with Gasteiger partial charge in [-0.3, -0.25) is 4.79 Å². The Labute approximate surface area is 98.7 Å². The summed E-state index contributed by atoms with van der Waals surface area (Å²) in [5, 5.41) is 19.9. The maximum Gasteiger partial charge on any atom is 0.335 e. The monoisotopic (exact) mass is 232 g/mol. The average Bonchev–Trinajstić information content (AvgIpc) is 2.31. The number of hydrogen-bond donors (Lipinski definition) is 2. The maximum absolute atomic E-state index is 11.5. The van der Waals surface area contributed by atoms with E-state index in [-0.39, 0.29) is 11.5 Å². The van der Waals surface area contributed by atoms with E-state index in [1.54, 1.807) is 6.92 Å². The van der Waals surface area contributed by atoms with E-state index in [1.807, 2.05) is 6.07 Å². The molecule has 1 atom stereocenters. The first-order valence-electron chi connectivity index (χ1n) is 5.12. The number of aromatic carboxylic acids is 1. The van der Waals surface area contributed by atoms with Crippen molar-refractivity contribution >= 4 is 17.6 Å². The van der Waals surface area contributed by atoms with Gasteiger partial charge >= 0.3 is 5.97 Å². The third kappa shape index (κ3) is 3.31. The van der Waals surface area contributed by atoms with Gasteiger partial charge in [0.25, 0.3) is 0 Å². The average molecular weight is 232 g/mol. The number of rotatable bonds is 4. The lowest BCUT2D eigenvalue weighted by Crippen LogP contribution is -2.20. The molecule has 1 unspecified atom stereocenters. The summed E-state index contributed by atoms with van der Waals surface area (Å²) in [5.41, 5.74) is 0.629. The lowest BCUT2D eigenvalue weighted by molar-refractivity contribution is -0.118. The number of nitrogens with one attached hydrogen (secondary N) is 1. The van der Waals surface area contributed by atoms with Crippen LogP contribution >= 0.6 is 0 Å². The number of carbonyl (C=O) groups is 2. The molecule has 0 aliphatic carbocycles. The Morgan fingerprint density at radius 2 is 2.00 bits per heavy atom. The van der Waals surface area contributed by atoms with E-state index in [1.165, 1.54) is 24.3 Å². The van der Waals surface area contributed by atoms with Gasteiger partial charge in [-0.15, -0.1) is 0 Å². The van der Waals surface area contributed by atoms with Crippen molar-refractivity contribution in [1.82, 2.24) is 0 Å². The Balaban J connectivity index is 2.73. The van der Waals surface area contributed by atoms with Crippen LogP contribution in [0.1, 0.15) is 23.7 Å². The summed E-state index contributed by atoms with van der Waals surface area (Å²) in [6.07, 6.45) is 0.440. The molecule has 88 valence electrons. The van der Waals surface area contributed by atoms with Crippen LogP contribution in [0.25, 0.3) is 0 Å². The first-order chi connectivity index (χ1) is 8.08. The number of carboxylic acid groups (broad SMARTS) is 1. The molecule has 2 N–H and O–H groups in total. The quantitative estimate of drug-likeness (QED) is 0.829. The van der Waals surface area contributed by atoms with Crippen molar-refractivity contribution in [3.8, 4) is 6.07 Å². The van der Waals surface area contributed by atoms with Crippen LogP contribution in [0.2, 0.25) is 0 Å². The summed E-state index contributed by atoms with van der Waals surface area (Å²) in [6, 6.07) is 7.67. The highest BCUT2D eigenvalue weighted by Gasteiger charge is 2.15. The molecule has 1 rings (SSSR count). The van der Waals surface area contributed by atoms with Gasteiger partial charge in [-0.2, -0.15) is 5.26 Å². The van der Waals surface area contributed by atoms with Gasteiger partial charge in [-0.25, -0.2) is 4.79 Å². The van der Waals surface area contributed by atoms with Gasteiger partial charge in [-0.1, -0.05) is 6.92 Å². The van der Waals surface area contributed by atoms with Crippen LogP contribution in [0.4, 0.5) is 5.69 Å². The van der Waals surface area contributed by atoms with Crippen LogP contribution in [0, 0.1) is 17.2 Å². The van der Waals surface area contributed by atoms with E-state index >= 15 is 0 Å². The van der Waals surface area contributed by atoms with Crippen molar-refractivity contribution in [3.63, 3.8) is 0 Å². The summed E-state index contributed by atoms with van der Waals surface area (Å²) in [5.74, 6) is -2.08. The third-order valence-corrected chi connectivity index (χ3v) is 2.28. The molecule has 0 aromatic heterocycles. The van der Waals surface area contributed by atoms with E-state index in [2.05, 4.69) is 5.32 Å². The maximum atomic E-state index is 11.5. The van der Waals surface area contributed by atoms with Gasteiger partial charge in [0, 0.05) is 5.69 Å². The Bertz CT molecular complexity index is 460. The predicted molar refractivity (Wildman–Crippen MR) is 61.4 cm³/mol. The van der Waals surface area contributed by atoms with Crippen molar-refractivity contribution in [2.24, 2.45) is 5.92 Å². The van der Waals surface area contributed by atoms with Crippen LogP contribution in [-0.4, -0.2) is 17.0 Å². The molecule has 0 radical (unpaired) electrons. The highest BCUT2D eigenvalue weighted by Crippen LogP contribution is 2.12. The molecular weight excluding hydrogens is 220 g/mol. The number of nitriles is 1. The lowest BCUT2D eigenvalue weighted by Gasteiger charge is -2.08. The Morgan fingerprint density at radius 1 is 1.41 bits per heavy atom. The second-order valence-electron chi connectivity index (χ2n) is 3.46. The van der Waals surface area contributed by atoms with Crippen LogP contribution < -0.4 is 5.32 Å². The fourth-order valence-electron chi connectivity index (χ4n) is 1.26. The highest BCUT2D eigenvalue weighted by atomic mass is 16.4. The zero-order valence-electron chi connectivity index (χ0n) is 9.30. The van der Waals surface area contributed by atoms with Crippen LogP contribution in [0.15, 0.2) is 24.3 Å². The van der Waals surface area contributed by atoms with E-state index in [0.717, 1.165) is 0 Å². The summed E-state index contributed by atoms with van der Waals surface area (Å²) in [7, 11) is 0. The Hall–Kier alpha value is -2.35. The fraction of sp³-hybridized carbons (Fsp3) is 0.250. The van der Waals surface area contributed by atoms with Crippen molar-refractivity contribution in [2.75, 3.05) is 5.32 Å². The van der Waals surface area contributed by atoms with Gasteiger partial charge in [-0.05, 0) is 30.7 Å². The van der Waals surface area contributed by atoms with E-state index in [4.69, 9.17) is 10.4 Å². The molecule has 0 aliphatic rings. The molecule has 0 aliphatic heterocycles. The highest BCUT2D eigenvalue weighted by molar-refractivity contribution is 5.95. The molecule has 1 aromatic rings. The van der Waals surface area contributed by atoms with E-state index < -0.39 is 11.9 Å². The smallest absolute Gasteiger partial charge is 0.335 e. The second-order valence-corrected chi connectivity index (χ2v) is 3.46. The number of amides is 1. The number of hydrogen-bond acceptors (Lipinski definition) is 3. The second kappa shape index (κ2) is 5.66. The number of benzene rings is 1. The van der Waals surface area contributed by atoms with E-state index in [0.29, 0.717) is 12.1 Å². The SMILES string of the molecule is CCC(C#N)C(=O)Nc1ccc(C(=O)O)cc1. The van der Waals surface area contributed by atoms with E-state index in [9.17, 15) is 9.59 Å². The zero-order valence-corrected chi connectivity index (χ0v) is 9.30. The van der Waals surface area contributed by atoms with Gasteiger partial charge in [0.2, 0.25) is 5.91 Å². The Morgan fingerprint density at radius 3 is 2.41 bits per heavy atom. The standard InChI is InChI=1S/C12H12N2O3/c1-2-8(7-13)11(15)14-10-5-3-9(4-6-10)12(16)17/h3-6,8H,2H2,1H3,(H,14,15)(H,16,17). The summed E-state index contributed by atoms with van der Waals surface area (Å²) in [4.78, 5) is 22.1. The number of anilines is 1. The molecule has 5 nitrogen and oxygen atoms in total. The molecule has 0 bridgehead atoms. The minimum absolute atomic E-state index is 0.148. The van der Waals surface area contributed by atoms with Crippen molar-refractivity contribution in [1.29, 1.82) is 5.26 Å². The summed E-state index contributed by atoms with van der Waals surface area (Å²) >= 11 is 0. The van der Waals surface area contributed by atoms with Crippen molar-refractivity contribution in [3.05, 3.63) is 29.8 Å². The Kier molecular flexibility index (Phi) is 4.23. The number of carboxylic acids is 1. The molecule has 0 saturated heterocycles. The third-order valence-electron chi connectivity index (χ3n) is 2.28. The largest absolute Gasteiger partial charge is 0.478 e. The molecular formula is C12H12N2O3. The number of carbonyl (C=O) groups excluding carboxylic acids is 1. The van der Waals surface area contributed by atoms with Gasteiger partial charge in [0.15, 0.2) is 0 Å². The molecule has 17 heavy (non-hydrogen) atoms. The predicted octanol–water partition coefficient (Wildman–Crippen LogP) is 1.87. The molecule has 0 fully saturated rings. The molecule has 1 aromatic carbocycles. The fourth-order valence-corrected chi connectivity index (χ4v) is 1.26. The lowest BCUT2D eigenvalue weighted by atomic mass is 10.1. The molecule has 0 heterocycles. The zero-order chi connectivity index (χ0) is 12.8. The van der Waals surface area contributed by atoms with Crippen molar-refractivity contribution < 1.29 is 14.7 Å². The topological polar surface area (TPSA) is 90.2 Å². The summed E-state index contributed by atoms with van der Waals surface area (Å²) < 4.78 is 0. The molecule has 1 amide bonds. The van der Waals surface area contributed by atoms with Crippen LogP contribution in [0.3, 0.4) is 0 Å². The first kappa shape index (κ1) is 12.7. The molecule has 0 spiro atoms. The number of nitrogens with zero attached hydrogens (tertiary/aromatic N) is 1. The minimum Gasteiger partial charge on any atom is -0.478 e. The first-order valence-corrected chi connectivity index (χ1v) is 5.12. The molecule has 5 heteroatoms. The van der Waals surface area contributed by atoms with Crippen molar-refractivity contribution in [2.45, 2.75) is 13.3 Å². The normalized spacial score (nSPS) is 11.3. The minimum atomic E-state index is -1.02. The van der Waals surface area contributed by atoms with Crippen LogP contribution in [-0.2, 0) is 4.79 Å².